The van der Waals surface area contributed by atoms with E-state index in [-0.39, 0.29) is 6.10 Å². The van der Waals surface area contributed by atoms with E-state index in [1.165, 1.54) is 21.2 Å². The molecule has 1 aliphatic heterocycles. The topological polar surface area (TPSA) is 21.3 Å². The van der Waals surface area contributed by atoms with Crippen molar-refractivity contribution in [2.75, 3.05) is 7.05 Å². The molecule has 0 fully saturated rings. The summed E-state index contributed by atoms with van der Waals surface area (Å²) in [5.41, 5.74) is 2.57. The summed E-state index contributed by atoms with van der Waals surface area (Å²) in [6.45, 7) is 0. The number of rotatable bonds is 2. The number of benzene rings is 2. The molecule has 2 unspecified atom stereocenters. The van der Waals surface area contributed by atoms with E-state index >= 15 is 0 Å². The number of ether oxygens (including phenoxy) is 1. The second-order valence-corrected chi connectivity index (χ2v) is 6.32. The van der Waals surface area contributed by atoms with E-state index in [1.807, 2.05) is 13.1 Å². The third-order valence-corrected chi connectivity index (χ3v) is 5.20. The van der Waals surface area contributed by atoms with Gasteiger partial charge in [0.1, 0.15) is 11.9 Å². The van der Waals surface area contributed by atoms with Crippen LogP contribution in [0.3, 0.4) is 0 Å². The van der Waals surface area contributed by atoms with Crippen LogP contribution < -0.4 is 10.1 Å². The minimum atomic E-state index is 0.119. The molecule has 106 valence electrons. The molecule has 0 radical (unpaired) electrons. The fraction of sp³-hybridized carbons (Fsp3) is 0.222. The van der Waals surface area contributed by atoms with Gasteiger partial charge in [0.25, 0.3) is 0 Å². The van der Waals surface area contributed by atoms with Crippen LogP contribution in [0, 0.1) is 0 Å². The first kappa shape index (κ1) is 12.9. The molecule has 0 bridgehead atoms. The fourth-order valence-electron chi connectivity index (χ4n) is 3.13. The molecule has 0 saturated carbocycles. The Morgan fingerprint density at radius 2 is 1.86 bits per heavy atom. The molecular weight excluding hydrogens is 278 g/mol. The van der Waals surface area contributed by atoms with Gasteiger partial charge in [0.15, 0.2) is 0 Å². The lowest BCUT2D eigenvalue weighted by Gasteiger charge is -2.32. The Morgan fingerprint density at radius 1 is 1.05 bits per heavy atom. The summed E-state index contributed by atoms with van der Waals surface area (Å²) in [4.78, 5) is 0. The predicted molar refractivity (Wildman–Crippen MR) is 88.1 cm³/mol. The highest BCUT2D eigenvalue weighted by molar-refractivity contribution is 7.17. The maximum atomic E-state index is 6.28. The summed E-state index contributed by atoms with van der Waals surface area (Å²) in [6, 6.07) is 17.3. The molecular formula is C18H17NOS. The quantitative estimate of drug-likeness (QED) is 0.741. The van der Waals surface area contributed by atoms with Crippen LogP contribution in [0.1, 0.15) is 29.7 Å². The third kappa shape index (κ3) is 2.13. The Bertz CT molecular complexity index is 779. The smallest absolute Gasteiger partial charge is 0.127 e. The highest BCUT2D eigenvalue weighted by atomic mass is 32.1. The molecule has 2 atom stereocenters. The number of nitrogens with one attached hydrogen (secondary N) is 1. The molecule has 0 aliphatic carbocycles. The van der Waals surface area contributed by atoms with Gasteiger partial charge in [-0.2, -0.15) is 0 Å². The van der Waals surface area contributed by atoms with Gasteiger partial charge in [0.05, 0.1) is 0 Å². The number of hydrogen-bond donors (Lipinski definition) is 1. The van der Waals surface area contributed by atoms with E-state index < -0.39 is 0 Å². The van der Waals surface area contributed by atoms with Crippen molar-refractivity contribution in [1.82, 2.24) is 5.32 Å². The largest absolute Gasteiger partial charge is 0.485 e. The van der Waals surface area contributed by atoms with Crippen LogP contribution in [0.15, 0.2) is 53.9 Å². The third-order valence-electron chi connectivity index (χ3n) is 4.22. The molecule has 2 aromatic carbocycles. The van der Waals surface area contributed by atoms with Crippen LogP contribution in [0.4, 0.5) is 0 Å². The summed E-state index contributed by atoms with van der Waals surface area (Å²) >= 11 is 1.80. The zero-order valence-corrected chi connectivity index (χ0v) is 12.7. The molecule has 1 N–H and O–H groups in total. The molecule has 3 heteroatoms. The zero-order chi connectivity index (χ0) is 14.2. The van der Waals surface area contributed by atoms with Crippen LogP contribution in [-0.2, 0) is 0 Å². The van der Waals surface area contributed by atoms with Gasteiger partial charge < -0.3 is 10.1 Å². The van der Waals surface area contributed by atoms with E-state index in [2.05, 4.69) is 53.2 Å². The van der Waals surface area contributed by atoms with Gasteiger partial charge >= 0.3 is 0 Å². The highest BCUT2D eigenvalue weighted by Gasteiger charge is 2.29. The van der Waals surface area contributed by atoms with Crippen molar-refractivity contribution in [3.63, 3.8) is 0 Å². The highest BCUT2D eigenvalue weighted by Crippen LogP contribution is 2.43. The van der Waals surface area contributed by atoms with Gasteiger partial charge in [-0.3, -0.25) is 0 Å². The van der Waals surface area contributed by atoms with Crippen molar-refractivity contribution < 1.29 is 4.74 Å². The average molecular weight is 295 g/mol. The molecule has 1 aromatic heterocycles. The maximum absolute atomic E-state index is 6.28. The number of para-hydroxylation sites is 1. The Morgan fingerprint density at radius 3 is 2.76 bits per heavy atom. The number of fused-ring (bicyclic) bond motifs is 2. The second-order valence-electron chi connectivity index (χ2n) is 5.41. The lowest BCUT2D eigenvalue weighted by atomic mass is 9.93. The first-order valence-corrected chi connectivity index (χ1v) is 8.14. The van der Waals surface area contributed by atoms with E-state index in [0.717, 1.165) is 12.2 Å². The molecule has 2 heterocycles. The van der Waals surface area contributed by atoms with Crippen molar-refractivity contribution in [3.8, 4) is 5.75 Å². The first-order valence-electron chi connectivity index (χ1n) is 7.26. The lowest BCUT2D eigenvalue weighted by Crippen LogP contribution is -2.26. The summed E-state index contributed by atoms with van der Waals surface area (Å²) < 4.78 is 7.61. The Kier molecular flexibility index (Phi) is 3.17. The van der Waals surface area contributed by atoms with Crippen molar-refractivity contribution in [2.24, 2.45) is 0 Å². The SMILES string of the molecule is CNC1CC(c2csc3ccccc23)Oc2ccccc21. The van der Waals surface area contributed by atoms with E-state index in [9.17, 15) is 0 Å². The van der Waals surface area contributed by atoms with E-state index in [4.69, 9.17) is 4.74 Å². The van der Waals surface area contributed by atoms with Gasteiger partial charge in [-0.25, -0.2) is 0 Å². The minimum absolute atomic E-state index is 0.119. The van der Waals surface area contributed by atoms with Gasteiger partial charge in [-0.05, 0) is 29.9 Å². The van der Waals surface area contributed by atoms with Gasteiger partial charge in [0, 0.05) is 28.3 Å². The second kappa shape index (κ2) is 5.17. The fourth-order valence-corrected chi connectivity index (χ4v) is 4.13. The average Bonchev–Trinajstić information content (AvgIpc) is 2.98. The molecule has 21 heavy (non-hydrogen) atoms. The van der Waals surface area contributed by atoms with E-state index in [1.54, 1.807) is 11.3 Å². The van der Waals surface area contributed by atoms with Crippen molar-refractivity contribution >= 4 is 21.4 Å². The zero-order valence-electron chi connectivity index (χ0n) is 11.9. The number of hydrogen-bond acceptors (Lipinski definition) is 3. The van der Waals surface area contributed by atoms with Gasteiger partial charge in [-0.15, -0.1) is 11.3 Å². The summed E-state index contributed by atoms with van der Waals surface area (Å²) in [5.74, 6) is 1.00. The molecule has 2 nitrogen and oxygen atoms in total. The Hall–Kier alpha value is -1.84. The number of thiophene rings is 1. The van der Waals surface area contributed by atoms with Crippen molar-refractivity contribution in [2.45, 2.75) is 18.6 Å². The van der Waals surface area contributed by atoms with Crippen LogP contribution in [0.2, 0.25) is 0 Å². The molecule has 0 spiro atoms. The van der Waals surface area contributed by atoms with Crippen LogP contribution in [-0.4, -0.2) is 7.05 Å². The molecule has 0 saturated heterocycles. The predicted octanol–water partition coefficient (Wildman–Crippen LogP) is 4.69. The molecule has 4 rings (SSSR count). The summed E-state index contributed by atoms with van der Waals surface area (Å²) in [5, 5.41) is 6.99. The van der Waals surface area contributed by atoms with Crippen molar-refractivity contribution in [1.29, 1.82) is 0 Å². The van der Waals surface area contributed by atoms with Crippen molar-refractivity contribution in [3.05, 3.63) is 65.0 Å². The summed E-state index contributed by atoms with van der Waals surface area (Å²) in [6.07, 6.45) is 1.09. The van der Waals surface area contributed by atoms with Gasteiger partial charge in [0.2, 0.25) is 0 Å². The van der Waals surface area contributed by atoms with E-state index in [0.29, 0.717) is 6.04 Å². The standard InChI is InChI=1S/C18H17NOS/c1-19-15-10-17(20-16-8-4-2-7-13(15)16)14-11-21-18-9-5-3-6-12(14)18/h2-9,11,15,17,19H,10H2,1H3. The van der Waals surface area contributed by atoms with Crippen LogP contribution >= 0.6 is 11.3 Å². The maximum Gasteiger partial charge on any atom is 0.127 e. The normalized spacial score (nSPS) is 21.0. The van der Waals surface area contributed by atoms with Crippen LogP contribution in [0.25, 0.3) is 10.1 Å². The Labute approximate surface area is 128 Å². The molecule has 0 amide bonds. The minimum Gasteiger partial charge on any atom is -0.485 e. The molecule has 3 aromatic rings. The summed E-state index contributed by atoms with van der Waals surface area (Å²) in [7, 11) is 2.02. The van der Waals surface area contributed by atoms with Crippen LogP contribution in [0.5, 0.6) is 5.75 Å². The Balaban J connectivity index is 1.77. The molecule has 1 aliphatic rings. The lowest BCUT2D eigenvalue weighted by molar-refractivity contribution is 0.155. The monoisotopic (exact) mass is 295 g/mol. The van der Waals surface area contributed by atoms with Gasteiger partial charge in [-0.1, -0.05) is 36.4 Å². The first-order chi connectivity index (χ1) is 10.4.